The predicted molar refractivity (Wildman–Crippen MR) is 42.0 cm³/mol. The van der Waals surface area contributed by atoms with Crippen LogP contribution in [0.1, 0.15) is 12.8 Å². The molecule has 1 atom stereocenters. The van der Waals surface area contributed by atoms with Crippen LogP contribution >= 0.6 is 0 Å². The highest BCUT2D eigenvalue weighted by Gasteiger charge is 2.67. The van der Waals surface area contributed by atoms with Gasteiger partial charge in [0, 0.05) is 0 Å². The second-order valence-corrected chi connectivity index (χ2v) is 3.55. The van der Waals surface area contributed by atoms with Crippen LogP contribution in [-0.4, -0.2) is 17.4 Å². The number of ether oxygens (including phenoxy) is 1. The molecule has 2 rings (SSSR count). The van der Waals surface area contributed by atoms with Crippen molar-refractivity contribution in [1.29, 1.82) is 0 Å². The summed E-state index contributed by atoms with van der Waals surface area (Å²) < 4.78 is 42.5. The summed E-state index contributed by atoms with van der Waals surface area (Å²) in [6, 6.07) is 0. The van der Waals surface area contributed by atoms with Crippen LogP contribution in [0.3, 0.4) is 0 Å². The largest absolute Gasteiger partial charge is 0.469 e. The number of halogens is 3. The third kappa shape index (κ3) is 1.32. The van der Waals surface area contributed by atoms with Crippen LogP contribution in [0.25, 0.3) is 0 Å². The highest BCUT2D eigenvalue weighted by molar-refractivity contribution is 5.25. The first kappa shape index (κ1) is 9.58. The molecule has 1 aliphatic heterocycles. The lowest BCUT2D eigenvalue weighted by Crippen LogP contribution is -2.28. The number of aliphatic hydroxyl groups is 1. The molecule has 1 aliphatic carbocycles. The van der Waals surface area contributed by atoms with Gasteiger partial charge in [-0.15, -0.1) is 0 Å². The zero-order valence-electron chi connectivity index (χ0n) is 7.21. The predicted octanol–water partition coefficient (Wildman–Crippen LogP) is 2.12. The van der Waals surface area contributed by atoms with E-state index in [1.54, 1.807) is 0 Å². The van der Waals surface area contributed by atoms with E-state index in [4.69, 9.17) is 9.84 Å². The normalized spacial score (nSPS) is 29.4. The zero-order chi connectivity index (χ0) is 10.4. The average molecular weight is 206 g/mol. The Kier molecular flexibility index (Phi) is 1.89. The SMILES string of the molecule is OC1C=COC(C2(C(F)(F)F)CC2)=C1. The van der Waals surface area contributed by atoms with Gasteiger partial charge in [0.1, 0.15) is 11.2 Å². The van der Waals surface area contributed by atoms with Crippen LogP contribution in [0, 0.1) is 5.41 Å². The molecule has 5 heteroatoms. The molecular weight excluding hydrogens is 197 g/mol. The molecule has 0 aromatic carbocycles. The van der Waals surface area contributed by atoms with Crippen molar-refractivity contribution in [3.8, 4) is 0 Å². The first-order valence-electron chi connectivity index (χ1n) is 4.26. The van der Waals surface area contributed by atoms with Gasteiger partial charge >= 0.3 is 6.18 Å². The quantitative estimate of drug-likeness (QED) is 0.712. The summed E-state index contributed by atoms with van der Waals surface area (Å²) in [6.45, 7) is 0. The molecule has 1 fully saturated rings. The van der Waals surface area contributed by atoms with Gasteiger partial charge in [0.05, 0.1) is 12.4 Å². The third-order valence-corrected chi connectivity index (χ3v) is 2.56. The van der Waals surface area contributed by atoms with Crippen molar-refractivity contribution in [2.45, 2.75) is 25.1 Å². The van der Waals surface area contributed by atoms with Crippen LogP contribution in [0.15, 0.2) is 24.2 Å². The molecular formula is C9H9F3O2. The van der Waals surface area contributed by atoms with E-state index in [9.17, 15) is 13.2 Å². The Hall–Kier alpha value is -0.970. The number of hydrogen-bond acceptors (Lipinski definition) is 2. The van der Waals surface area contributed by atoms with Gasteiger partial charge in [-0.3, -0.25) is 0 Å². The van der Waals surface area contributed by atoms with E-state index in [1.807, 2.05) is 0 Å². The van der Waals surface area contributed by atoms with Crippen LogP contribution in [0.4, 0.5) is 13.2 Å². The smallest absolute Gasteiger partial charge is 0.401 e. The van der Waals surface area contributed by atoms with E-state index in [2.05, 4.69) is 0 Å². The van der Waals surface area contributed by atoms with Crippen molar-refractivity contribution >= 4 is 0 Å². The second kappa shape index (κ2) is 2.76. The number of allylic oxidation sites excluding steroid dienone is 1. The Morgan fingerprint density at radius 2 is 2.07 bits per heavy atom. The fourth-order valence-electron chi connectivity index (χ4n) is 1.51. The van der Waals surface area contributed by atoms with Crippen molar-refractivity contribution in [2.75, 3.05) is 0 Å². The topological polar surface area (TPSA) is 29.5 Å². The average Bonchev–Trinajstić information content (AvgIpc) is 2.82. The molecule has 2 aliphatic rings. The lowest BCUT2D eigenvalue weighted by molar-refractivity contribution is -0.183. The molecule has 0 aromatic rings. The Morgan fingerprint density at radius 1 is 1.43 bits per heavy atom. The van der Waals surface area contributed by atoms with E-state index >= 15 is 0 Å². The summed E-state index contributed by atoms with van der Waals surface area (Å²) in [7, 11) is 0. The number of alkyl halides is 3. The highest BCUT2D eigenvalue weighted by Crippen LogP contribution is 2.62. The van der Waals surface area contributed by atoms with E-state index in [1.165, 1.54) is 6.08 Å². The molecule has 0 bridgehead atoms. The molecule has 2 nitrogen and oxygen atoms in total. The van der Waals surface area contributed by atoms with E-state index < -0.39 is 17.7 Å². The fraction of sp³-hybridized carbons (Fsp3) is 0.556. The number of aliphatic hydroxyl groups excluding tert-OH is 1. The molecule has 1 saturated carbocycles. The summed E-state index contributed by atoms with van der Waals surface area (Å²) in [5.41, 5.74) is -1.83. The van der Waals surface area contributed by atoms with Crippen molar-refractivity contribution in [1.82, 2.24) is 0 Å². The molecule has 0 amide bonds. The summed E-state index contributed by atoms with van der Waals surface area (Å²) in [5.74, 6) is -0.167. The third-order valence-electron chi connectivity index (χ3n) is 2.56. The lowest BCUT2D eigenvalue weighted by atomic mass is 10.0. The summed E-state index contributed by atoms with van der Waals surface area (Å²) >= 11 is 0. The van der Waals surface area contributed by atoms with Gasteiger partial charge in [-0.05, 0) is 25.0 Å². The van der Waals surface area contributed by atoms with E-state index in [-0.39, 0.29) is 18.6 Å². The zero-order valence-corrected chi connectivity index (χ0v) is 7.21. The highest BCUT2D eigenvalue weighted by atomic mass is 19.4. The first-order chi connectivity index (χ1) is 6.46. The minimum Gasteiger partial charge on any atom is -0.469 e. The first-order valence-corrected chi connectivity index (χ1v) is 4.26. The fourth-order valence-corrected chi connectivity index (χ4v) is 1.51. The minimum atomic E-state index is -4.29. The molecule has 1 unspecified atom stereocenters. The van der Waals surface area contributed by atoms with Gasteiger partial charge < -0.3 is 9.84 Å². The monoisotopic (exact) mass is 206 g/mol. The molecule has 0 spiro atoms. The van der Waals surface area contributed by atoms with Gasteiger partial charge in [-0.1, -0.05) is 0 Å². The van der Waals surface area contributed by atoms with Gasteiger partial charge in [0.25, 0.3) is 0 Å². The Balaban J connectivity index is 2.24. The van der Waals surface area contributed by atoms with Gasteiger partial charge in [0.15, 0.2) is 0 Å². The van der Waals surface area contributed by atoms with E-state index in [0.717, 1.165) is 12.3 Å². The summed E-state index contributed by atoms with van der Waals surface area (Å²) in [4.78, 5) is 0. The van der Waals surface area contributed by atoms with Crippen LogP contribution in [0.5, 0.6) is 0 Å². The Morgan fingerprint density at radius 3 is 2.50 bits per heavy atom. The Labute approximate surface area is 78.7 Å². The standard InChI is InChI=1S/C9H9F3O2/c10-9(11,12)8(2-3-8)7-5-6(13)1-4-14-7/h1,4-6,13H,2-3H2. The summed E-state index contributed by atoms with van der Waals surface area (Å²) in [6.07, 6.45) is -1.67. The molecule has 14 heavy (non-hydrogen) atoms. The summed E-state index contributed by atoms with van der Waals surface area (Å²) in [5, 5.41) is 9.13. The number of rotatable bonds is 1. The minimum absolute atomic E-state index is 0.0445. The molecule has 0 radical (unpaired) electrons. The van der Waals surface area contributed by atoms with Crippen LogP contribution in [-0.2, 0) is 4.74 Å². The number of hydrogen-bond donors (Lipinski definition) is 1. The van der Waals surface area contributed by atoms with E-state index in [0.29, 0.717) is 0 Å². The molecule has 0 saturated heterocycles. The van der Waals surface area contributed by atoms with Crippen molar-refractivity contribution < 1.29 is 23.0 Å². The maximum absolute atomic E-state index is 12.6. The van der Waals surface area contributed by atoms with Crippen LogP contribution in [0.2, 0.25) is 0 Å². The van der Waals surface area contributed by atoms with Gasteiger partial charge in [-0.25, -0.2) is 0 Å². The van der Waals surface area contributed by atoms with Crippen LogP contribution < -0.4 is 0 Å². The molecule has 1 heterocycles. The molecule has 78 valence electrons. The van der Waals surface area contributed by atoms with Crippen molar-refractivity contribution in [2.24, 2.45) is 5.41 Å². The maximum atomic E-state index is 12.6. The maximum Gasteiger partial charge on any atom is 0.401 e. The van der Waals surface area contributed by atoms with Crippen molar-refractivity contribution in [3.63, 3.8) is 0 Å². The van der Waals surface area contributed by atoms with Gasteiger partial charge in [0.2, 0.25) is 0 Å². The lowest BCUT2D eigenvalue weighted by Gasteiger charge is -2.23. The Bertz CT molecular complexity index is 300. The van der Waals surface area contributed by atoms with Gasteiger partial charge in [-0.2, -0.15) is 13.2 Å². The second-order valence-electron chi connectivity index (χ2n) is 3.55. The molecule has 0 aromatic heterocycles. The molecule has 1 N–H and O–H groups in total. The van der Waals surface area contributed by atoms with Crippen molar-refractivity contribution in [3.05, 3.63) is 24.2 Å².